The Morgan fingerprint density at radius 1 is 0.968 bits per heavy atom. The second-order valence-corrected chi connectivity index (χ2v) is 7.89. The van der Waals surface area contributed by atoms with Crippen molar-refractivity contribution in [2.24, 2.45) is 0 Å². The second kappa shape index (κ2) is 10.7. The third-order valence-electron chi connectivity index (χ3n) is 4.66. The van der Waals surface area contributed by atoms with E-state index >= 15 is 0 Å². The van der Waals surface area contributed by atoms with Gasteiger partial charge in [0.2, 0.25) is 5.91 Å². The summed E-state index contributed by atoms with van der Waals surface area (Å²) in [5.41, 5.74) is 2.99. The minimum atomic E-state index is -0.498. The van der Waals surface area contributed by atoms with Crippen molar-refractivity contribution >= 4 is 39.1 Å². The maximum atomic E-state index is 13.3. The summed E-state index contributed by atoms with van der Waals surface area (Å²) in [5.74, 6) is -1.17. The van der Waals surface area contributed by atoms with Crippen molar-refractivity contribution in [1.29, 1.82) is 0 Å². The summed E-state index contributed by atoms with van der Waals surface area (Å²) in [5, 5.41) is 8.84. The molecule has 0 radical (unpaired) electrons. The highest BCUT2D eigenvalue weighted by Gasteiger charge is 2.12. The Kier molecular flexibility index (Phi) is 7.78. The number of hydrogen-bond donors (Lipinski definition) is 3. The van der Waals surface area contributed by atoms with Gasteiger partial charge in [0.05, 0.1) is 5.56 Å². The Hall–Kier alpha value is -3.19. The number of hydrogen-bond acceptors (Lipinski definition) is 3. The molecule has 3 N–H and O–H groups in total. The minimum Gasteiger partial charge on any atom is -0.379 e. The molecule has 0 heterocycles. The number of carbonyl (C=O) groups is 2. The smallest absolute Gasteiger partial charge is 0.252 e. The summed E-state index contributed by atoms with van der Waals surface area (Å²) in [4.78, 5) is 24.3. The molecule has 160 valence electrons. The van der Waals surface area contributed by atoms with Crippen LogP contribution < -0.4 is 16.0 Å². The van der Waals surface area contributed by atoms with Gasteiger partial charge in [0.15, 0.2) is 0 Å². The zero-order valence-electron chi connectivity index (χ0n) is 17.0. The molecule has 0 spiro atoms. The molecule has 0 fully saturated rings. The van der Waals surface area contributed by atoms with Crippen molar-refractivity contribution in [3.8, 4) is 0 Å². The highest BCUT2D eigenvalue weighted by molar-refractivity contribution is 9.10. The predicted octanol–water partition coefficient (Wildman–Crippen LogP) is 5.52. The summed E-state index contributed by atoms with van der Waals surface area (Å²) in [7, 11) is 0. The molecule has 3 aromatic carbocycles. The molecule has 0 aliphatic heterocycles. The van der Waals surface area contributed by atoms with E-state index in [4.69, 9.17) is 0 Å². The zero-order chi connectivity index (χ0) is 22.2. The fraction of sp³-hybridized carbons (Fsp3) is 0.167. The molecule has 0 bridgehead atoms. The van der Waals surface area contributed by atoms with Gasteiger partial charge in [0.1, 0.15) is 5.82 Å². The van der Waals surface area contributed by atoms with Crippen molar-refractivity contribution < 1.29 is 14.0 Å². The van der Waals surface area contributed by atoms with Gasteiger partial charge in [-0.05, 0) is 70.9 Å². The van der Waals surface area contributed by atoms with Crippen LogP contribution in [0.5, 0.6) is 0 Å². The van der Waals surface area contributed by atoms with Crippen LogP contribution in [0.4, 0.5) is 15.8 Å². The quantitative estimate of drug-likeness (QED) is 0.395. The van der Waals surface area contributed by atoms with E-state index in [1.165, 1.54) is 17.7 Å². The molecule has 1 atom stereocenters. The van der Waals surface area contributed by atoms with Gasteiger partial charge in [-0.3, -0.25) is 9.59 Å². The monoisotopic (exact) mass is 483 g/mol. The highest BCUT2D eigenvalue weighted by atomic mass is 79.9. The number of amides is 2. The molecule has 0 aliphatic rings. The summed E-state index contributed by atoms with van der Waals surface area (Å²) < 4.78 is 13.8. The molecule has 0 aliphatic carbocycles. The van der Waals surface area contributed by atoms with Crippen LogP contribution in [0, 0.1) is 5.82 Å². The molecule has 3 rings (SSSR count). The number of nitrogens with one attached hydrogen (secondary N) is 3. The van der Waals surface area contributed by atoms with E-state index in [9.17, 15) is 14.0 Å². The fourth-order valence-corrected chi connectivity index (χ4v) is 3.43. The van der Waals surface area contributed by atoms with Crippen molar-refractivity contribution in [2.45, 2.75) is 19.4 Å². The van der Waals surface area contributed by atoms with E-state index in [0.29, 0.717) is 10.2 Å². The summed E-state index contributed by atoms with van der Waals surface area (Å²) in [6, 6.07) is 21.6. The molecule has 5 nitrogen and oxygen atoms in total. The third kappa shape index (κ3) is 6.65. The first-order valence-electron chi connectivity index (χ1n) is 9.87. The van der Waals surface area contributed by atoms with E-state index in [1.807, 2.05) is 42.5 Å². The molecular weight excluding hydrogens is 461 g/mol. The van der Waals surface area contributed by atoms with Gasteiger partial charge in [-0.25, -0.2) is 4.39 Å². The zero-order valence-corrected chi connectivity index (χ0v) is 18.6. The first-order chi connectivity index (χ1) is 14.9. The minimum absolute atomic E-state index is 0.101. The Bertz CT molecular complexity index is 1040. The van der Waals surface area contributed by atoms with Crippen molar-refractivity contribution in [2.75, 3.05) is 17.2 Å². The lowest BCUT2D eigenvalue weighted by atomic mass is 10.1. The summed E-state index contributed by atoms with van der Waals surface area (Å²) >= 11 is 3.22. The Balaban J connectivity index is 1.45. The second-order valence-electron chi connectivity index (χ2n) is 7.03. The van der Waals surface area contributed by atoms with Gasteiger partial charge < -0.3 is 16.0 Å². The van der Waals surface area contributed by atoms with Crippen LogP contribution in [0.2, 0.25) is 0 Å². The fourth-order valence-electron chi connectivity index (χ4n) is 3.00. The van der Waals surface area contributed by atoms with Crippen LogP contribution >= 0.6 is 15.9 Å². The summed E-state index contributed by atoms with van der Waals surface area (Å²) in [6.07, 6.45) is 0.101. The van der Waals surface area contributed by atoms with Crippen LogP contribution in [-0.2, 0) is 4.79 Å². The number of carbonyl (C=O) groups excluding carboxylic acids is 2. The first-order valence-corrected chi connectivity index (χ1v) is 10.7. The lowest BCUT2D eigenvalue weighted by Gasteiger charge is -2.16. The molecule has 31 heavy (non-hydrogen) atoms. The van der Waals surface area contributed by atoms with Crippen LogP contribution in [0.3, 0.4) is 0 Å². The van der Waals surface area contributed by atoms with Gasteiger partial charge in [-0.1, -0.05) is 30.3 Å². The predicted molar refractivity (Wildman–Crippen MR) is 125 cm³/mol. The van der Waals surface area contributed by atoms with E-state index in [0.717, 1.165) is 11.8 Å². The number of anilines is 2. The van der Waals surface area contributed by atoms with Gasteiger partial charge >= 0.3 is 0 Å². The van der Waals surface area contributed by atoms with Crippen molar-refractivity contribution in [3.05, 3.63) is 94.2 Å². The number of halogens is 2. The third-order valence-corrected chi connectivity index (χ3v) is 5.35. The SMILES string of the molecule is CC(Nc1ccc(NC(=O)CCNC(=O)c2cc(F)ccc2Br)cc1)c1ccccc1. The maximum absolute atomic E-state index is 13.3. The van der Waals surface area contributed by atoms with Crippen molar-refractivity contribution in [1.82, 2.24) is 5.32 Å². The summed E-state index contributed by atoms with van der Waals surface area (Å²) in [6.45, 7) is 2.23. The van der Waals surface area contributed by atoms with Crippen LogP contribution in [0.15, 0.2) is 77.3 Å². The maximum Gasteiger partial charge on any atom is 0.252 e. The van der Waals surface area contributed by atoms with E-state index in [-0.39, 0.29) is 30.5 Å². The van der Waals surface area contributed by atoms with E-state index < -0.39 is 11.7 Å². The molecule has 0 saturated heterocycles. The number of rotatable bonds is 8. The van der Waals surface area contributed by atoms with Crippen LogP contribution in [-0.4, -0.2) is 18.4 Å². The molecule has 3 aromatic rings. The molecule has 7 heteroatoms. The van der Waals surface area contributed by atoms with Gasteiger partial charge in [0, 0.05) is 34.9 Å². The molecule has 0 aromatic heterocycles. The van der Waals surface area contributed by atoms with Gasteiger partial charge in [0.25, 0.3) is 5.91 Å². The number of benzene rings is 3. The van der Waals surface area contributed by atoms with Gasteiger partial charge in [-0.2, -0.15) is 0 Å². The molecule has 2 amide bonds. The standard InChI is InChI=1S/C24H23BrFN3O2/c1-16(17-5-3-2-4-6-17)28-19-8-10-20(11-9-19)29-23(30)13-14-27-24(31)21-15-18(26)7-12-22(21)25/h2-12,15-16,28H,13-14H2,1H3,(H,27,31)(H,29,30). The van der Waals surface area contributed by atoms with E-state index in [1.54, 1.807) is 0 Å². The van der Waals surface area contributed by atoms with Crippen LogP contribution in [0.25, 0.3) is 0 Å². The lowest BCUT2D eigenvalue weighted by molar-refractivity contribution is -0.116. The van der Waals surface area contributed by atoms with Gasteiger partial charge in [-0.15, -0.1) is 0 Å². The lowest BCUT2D eigenvalue weighted by Crippen LogP contribution is -2.28. The first kappa shape index (κ1) is 22.5. The molecule has 1 unspecified atom stereocenters. The largest absolute Gasteiger partial charge is 0.379 e. The highest BCUT2D eigenvalue weighted by Crippen LogP contribution is 2.21. The van der Waals surface area contributed by atoms with Crippen molar-refractivity contribution in [3.63, 3.8) is 0 Å². The van der Waals surface area contributed by atoms with Crippen LogP contribution in [0.1, 0.15) is 35.3 Å². The molecule has 0 saturated carbocycles. The Morgan fingerprint density at radius 3 is 2.35 bits per heavy atom. The molecular formula is C24H23BrFN3O2. The van der Waals surface area contributed by atoms with E-state index in [2.05, 4.69) is 50.9 Å². The Labute approximate surface area is 189 Å². The topological polar surface area (TPSA) is 70.2 Å². The average molecular weight is 484 g/mol. The average Bonchev–Trinajstić information content (AvgIpc) is 2.77. The Morgan fingerprint density at radius 2 is 1.65 bits per heavy atom. The normalized spacial score (nSPS) is 11.5.